The third kappa shape index (κ3) is 5.48. The fraction of sp³-hybridized carbons (Fsp3) is 0.520. The van der Waals surface area contributed by atoms with Crippen molar-refractivity contribution in [3.05, 3.63) is 65.7 Å². The number of piperidine rings is 1. The molecule has 0 aromatic heterocycles. The molecule has 5 nitrogen and oxygen atoms in total. The number of nitrogens with one attached hydrogen (secondary N) is 1. The molecule has 6 heteroatoms. The van der Waals surface area contributed by atoms with Gasteiger partial charge in [0.2, 0.25) is 10.0 Å². The summed E-state index contributed by atoms with van der Waals surface area (Å²) in [5.41, 5.74) is 3.52. The van der Waals surface area contributed by atoms with E-state index in [1.807, 2.05) is 12.1 Å². The van der Waals surface area contributed by atoms with Crippen molar-refractivity contribution in [2.75, 3.05) is 37.3 Å². The molecule has 0 amide bonds. The van der Waals surface area contributed by atoms with Crippen LogP contribution in [0.3, 0.4) is 0 Å². The molecular weight excluding hydrogens is 408 g/mol. The van der Waals surface area contributed by atoms with Crippen molar-refractivity contribution >= 4 is 15.7 Å². The number of hydrogen-bond donors (Lipinski definition) is 1. The van der Waals surface area contributed by atoms with Gasteiger partial charge in [-0.25, -0.2) is 8.42 Å². The van der Waals surface area contributed by atoms with Crippen LogP contribution >= 0.6 is 0 Å². The number of sulfonamides is 1. The van der Waals surface area contributed by atoms with E-state index in [9.17, 15) is 8.42 Å². The second-order valence-corrected chi connectivity index (χ2v) is 10.9. The Balaban J connectivity index is 1.44. The highest BCUT2D eigenvalue weighted by atomic mass is 32.2. The predicted octanol–water partition coefficient (Wildman–Crippen LogP) is 4.20. The minimum absolute atomic E-state index is 0.0304. The van der Waals surface area contributed by atoms with Gasteiger partial charge in [0.15, 0.2) is 0 Å². The van der Waals surface area contributed by atoms with Crippen molar-refractivity contribution in [1.29, 1.82) is 0 Å². The van der Waals surface area contributed by atoms with E-state index in [0.717, 1.165) is 25.9 Å². The summed E-state index contributed by atoms with van der Waals surface area (Å²) in [6, 6.07) is 19.5. The molecule has 0 spiro atoms. The number of hydrogen-bond acceptors (Lipinski definition) is 4. The van der Waals surface area contributed by atoms with Gasteiger partial charge in [-0.05, 0) is 67.3 Å². The molecule has 1 aliphatic carbocycles. The Bertz CT molecular complexity index is 964. The molecule has 168 valence electrons. The van der Waals surface area contributed by atoms with E-state index in [-0.39, 0.29) is 17.8 Å². The SMILES string of the molecule is COCCS(=O)(=O)Nc1cccc(C23CCCC(C2)N(CCc2ccccc2)CC3)c1. The van der Waals surface area contributed by atoms with Crippen LogP contribution in [0.15, 0.2) is 54.6 Å². The molecule has 31 heavy (non-hydrogen) atoms. The monoisotopic (exact) mass is 442 g/mol. The van der Waals surface area contributed by atoms with E-state index in [4.69, 9.17) is 4.74 Å². The number of rotatable bonds is 9. The Morgan fingerprint density at radius 2 is 1.97 bits per heavy atom. The molecule has 2 aromatic carbocycles. The Morgan fingerprint density at radius 1 is 1.13 bits per heavy atom. The fourth-order valence-electron chi connectivity index (χ4n) is 5.36. The quantitative estimate of drug-likeness (QED) is 0.632. The molecular formula is C25H34N2O3S. The summed E-state index contributed by atoms with van der Waals surface area (Å²) in [5.74, 6) is -0.0304. The first-order valence-electron chi connectivity index (χ1n) is 11.4. The molecule has 1 N–H and O–H groups in total. The molecule has 2 bridgehead atoms. The Kier molecular flexibility index (Phi) is 6.99. The van der Waals surface area contributed by atoms with E-state index < -0.39 is 10.0 Å². The minimum Gasteiger partial charge on any atom is -0.384 e. The third-order valence-corrected chi connectivity index (χ3v) is 8.30. The summed E-state index contributed by atoms with van der Waals surface area (Å²) in [7, 11) is -1.88. The molecule has 2 unspecified atom stereocenters. The topological polar surface area (TPSA) is 58.6 Å². The van der Waals surface area contributed by atoms with Crippen LogP contribution in [-0.4, -0.2) is 51.9 Å². The van der Waals surface area contributed by atoms with E-state index in [1.54, 1.807) is 0 Å². The van der Waals surface area contributed by atoms with Gasteiger partial charge in [0.1, 0.15) is 0 Å². The Hall–Kier alpha value is -1.89. The second kappa shape index (κ2) is 9.72. The number of nitrogens with zero attached hydrogens (tertiary/aromatic N) is 1. The lowest BCUT2D eigenvalue weighted by Crippen LogP contribution is -2.52. The van der Waals surface area contributed by atoms with Gasteiger partial charge in [0, 0.05) is 25.4 Å². The molecule has 1 aliphatic heterocycles. The van der Waals surface area contributed by atoms with E-state index in [2.05, 4.69) is 52.1 Å². The Morgan fingerprint density at radius 3 is 2.77 bits per heavy atom. The summed E-state index contributed by atoms with van der Waals surface area (Å²) in [5, 5.41) is 0. The van der Waals surface area contributed by atoms with Gasteiger partial charge in [0.05, 0.1) is 12.4 Å². The van der Waals surface area contributed by atoms with Crippen molar-refractivity contribution in [3.63, 3.8) is 0 Å². The largest absolute Gasteiger partial charge is 0.384 e. The van der Waals surface area contributed by atoms with Crippen LogP contribution in [0.1, 0.15) is 43.2 Å². The highest BCUT2D eigenvalue weighted by Gasteiger charge is 2.43. The first-order valence-corrected chi connectivity index (χ1v) is 13.0. The van der Waals surface area contributed by atoms with Crippen molar-refractivity contribution in [3.8, 4) is 0 Å². The third-order valence-electron chi connectivity index (χ3n) is 7.05. The molecule has 2 fully saturated rings. The maximum atomic E-state index is 12.3. The predicted molar refractivity (Wildman–Crippen MR) is 126 cm³/mol. The van der Waals surface area contributed by atoms with Gasteiger partial charge in [-0.2, -0.15) is 0 Å². The smallest absolute Gasteiger partial charge is 0.234 e. The number of methoxy groups -OCH3 is 1. The van der Waals surface area contributed by atoms with Gasteiger partial charge in [0.25, 0.3) is 0 Å². The zero-order valence-electron chi connectivity index (χ0n) is 18.4. The average Bonchev–Trinajstić information content (AvgIpc) is 2.78. The van der Waals surface area contributed by atoms with E-state index in [0.29, 0.717) is 11.7 Å². The van der Waals surface area contributed by atoms with Gasteiger partial charge < -0.3 is 4.74 Å². The lowest BCUT2D eigenvalue weighted by Gasteiger charge is -2.51. The lowest BCUT2D eigenvalue weighted by atomic mass is 9.63. The second-order valence-electron chi connectivity index (χ2n) is 9.05. The van der Waals surface area contributed by atoms with Crippen molar-refractivity contribution in [2.24, 2.45) is 0 Å². The number of fused-ring (bicyclic) bond motifs is 2. The minimum atomic E-state index is -3.39. The average molecular weight is 443 g/mol. The Labute approximate surface area is 186 Å². The van der Waals surface area contributed by atoms with E-state index in [1.165, 1.54) is 43.9 Å². The van der Waals surface area contributed by atoms with Crippen LogP contribution in [-0.2, 0) is 26.6 Å². The zero-order valence-corrected chi connectivity index (χ0v) is 19.2. The molecule has 4 rings (SSSR count). The molecule has 1 saturated heterocycles. The molecule has 2 aromatic rings. The summed E-state index contributed by atoms with van der Waals surface area (Å²) in [6.07, 6.45) is 7.09. The van der Waals surface area contributed by atoms with Gasteiger partial charge in [-0.1, -0.05) is 48.9 Å². The van der Waals surface area contributed by atoms with Gasteiger partial charge in [-0.15, -0.1) is 0 Å². The van der Waals surface area contributed by atoms with Crippen LogP contribution in [0.4, 0.5) is 5.69 Å². The summed E-state index contributed by atoms with van der Waals surface area (Å²) < 4.78 is 32.2. The molecule has 1 heterocycles. The summed E-state index contributed by atoms with van der Waals surface area (Å²) >= 11 is 0. The zero-order chi connectivity index (χ0) is 21.7. The summed E-state index contributed by atoms with van der Waals surface area (Å²) in [4.78, 5) is 2.68. The van der Waals surface area contributed by atoms with Crippen LogP contribution in [0, 0.1) is 0 Å². The molecule has 2 aliphatic rings. The lowest BCUT2D eigenvalue weighted by molar-refractivity contribution is 0.0525. The maximum Gasteiger partial charge on any atom is 0.234 e. The highest BCUT2D eigenvalue weighted by molar-refractivity contribution is 7.92. The van der Waals surface area contributed by atoms with Crippen molar-refractivity contribution in [1.82, 2.24) is 4.90 Å². The summed E-state index contributed by atoms with van der Waals surface area (Å²) in [6.45, 7) is 2.42. The van der Waals surface area contributed by atoms with Gasteiger partial charge >= 0.3 is 0 Å². The maximum absolute atomic E-state index is 12.3. The van der Waals surface area contributed by atoms with Crippen molar-refractivity contribution in [2.45, 2.75) is 50.0 Å². The normalized spacial score (nSPS) is 24.1. The van der Waals surface area contributed by atoms with Crippen LogP contribution in [0.25, 0.3) is 0 Å². The molecule has 2 atom stereocenters. The first kappa shape index (κ1) is 22.3. The molecule has 1 saturated carbocycles. The number of anilines is 1. The number of benzene rings is 2. The fourth-order valence-corrected chi connectivity index (χ4v) is 6.34. The van der Waals surface area contributed by atoms with Crippen LogP contribution in [0.5, 0.6) is 0 Å². The number of likely N-dealkylation sites (tertiary alicyclic amines) is 1. The van der Waals surface area contributed by atoms with Crippen LogP contribution in [0.2, 0.25) is 0 Å². The highest BCUT2D eigenvalue weighted by Crippen LogP contribution is 2.47. The standard InChI is InChI=1S/C25H34N2O3S/c1-30-17-18-31(28,29)26-23-10-5-9-22(19-23)25-13-6-11-24(20-25)27(16-14-25)15-12-21-7-3-2-4-8-21/h2-5,7-10,19,24,26H,6,11-18,20H2,1H3. The van der Waals surface area contributed by atoms with Gasteiger partial charge in [-0.3, -0.25) is 9.62 Å². The van der Waals surface area contributed by atoms with E-state index >= 15 is 0 Å². The van der Waals surface area contributed by atoms with Crippen LogP contribution < -0.4 is 4.72 Å². The molecule has 0 radical (unpaired) electrons. The number of ether oxygens (including phenoxy) is 1. The first-order chi connectivity index (χ1) is 15.0. The van der Waals surface area contributed by atoms with Crippen molar-refractivity contribution < 1.29 is 13.2 Å².